The van der Waals surface area contributed by atoms with Gasteiger partial charge < -0.3 is 9.47 Å². The molecule has 0 heterocycles. The predicted molar refractivity (Wildman–Crippen MR) is 87.7 cm³/mol. The molecule has 0 saturated heterocycles. The molecule has 0 aromatic heterocycles. The summed E-state index contributed by atoms with van der Waals surface area (Å²) in [5.41, 5.74) is 0.647. The van der Waals surface area contributed by atoms with Gasteiger partial charge in [0.1, 0.15) is 0 Å². The van der Waals surface area contributed by atoms with Gasteiger partial charge in [0, 0.05) is 6.92 Å². The van der Waals surface area contributed by atoms with Gasteiger partial charge in [-0.2, -0.15) is 0 Å². The molecule has 0 bridgehead atoms. The second-order valence-electron chi connectivity index (χ2n) is 5.23. The van der Waals surface area contributed by atoms with Crippen molar-refractivity contribution in [2.24, 2.45) is 5.92 Å². The van der Waals surface area contributed by atoms with E-state index in [9.17, 15) is 9.18 Å². The third kappa shape index (κ3) is 8.65. The first-order chi connectivity index (χ1) is 10.5. The Labute approximate surface area is 133 Å². The summed E-state index contributed by atoms with van der Waals surface area (Å²) in [5, 5.41) is 0. The van der Waals surface area contributed by atoms with Crippen LogP contribution < -0.4 is 4.74 Å². The van der Waals surface area contributed by atoms with E-state index in [0.717, 1.165) is 12.8 Å². The van der Waals surface area contributed by atoms with Gasteiger partial charge in [0.25, 0.3) is 0 Å². The van der Waals surface area contributed by atoms with E-state index in [4.69, 9.17) is 9.47 Å². The van der Waals surface area contributed by atoms with Crippen LogP contribution in [-0.2, 0) is 16.0 Å². The third-order valence-electron chi connectivity index (χ3n) is 2.76. The SMILES string of the molecule is CC.CC(=O)OCCCCc1cccc(OCC(C)C)c1F. The number of unbranched alkanes of at least 4 members (excludes halogenated alkanes) is 1. The van der Waals surface area contributed by atoms with Crippen LogP contribution in [0.1, 0.15) is 53.0 Å². The van der Waals surface area contributed by atoms with Crippen molar-refractivity contribution in [3.8, 4) is 5.75 Å². The van der Waals surface area contributed by atoms with Crippen LogP contribution in [0, 0.1) is 11.7 Å². The fraction of sp³-hybridized carbons (Fsp3) is 0.611. The highest BCUT2D eigenvalue weighted by molar-refractivity contribution is 5.65. The van der Waals surface area contributed by atoms with E-state index < -0.39 is 0 Å². The lowest BCUT2D eigenvalue weighted by atomic mass is 10.1. The fourth-order valence-corrected chi connectivity index (χ4v) is 1.75. The number of carbonyl (C=O) groups is 1. The average Bonchev–Trinajstić information content (AvgIpc) is 2.49. The number of esters is 1. The number of rotatable bonds is 8. The predicted octanol–water partition coefficient (Wildman–Crippen LogP) is 4.77. The molecule has 1 aromatic rings. The number of halogens is 1. The molecule has 0 N–H and O–H groups in total. The summed E-state index contributed by atoms with van der Waals surface area (Å²) in [4.78, 5) is 10.6. The van der Waals surface area contributed by atoms with E-state index in [1.54, 1.807) is 18.2 Å². The van der Waals surface area contributed by atoms with Crippen molar-refractivity contribution in [1.29, 1.82) is 0 Å². The molecular weight excluding hydrogens is 283 g/mol. The van der Waals surface area contributed by atoms with Gasteiger partial charge in [-0.1, -0.05) is 39.8 Å². The number of hydrogen-bond donors (Lipinski definition) is 0. The fourth-order valence-electron chi connectivity index (χ4n) is 1.75. The molecule has 1 rings (SSSR count). The van der Waals surface area contributed by atoms with Gasteiger partial charge in [0.15, 0.2) is 11.6 Å². The number of benzene rings is 1. The molecule has 0 aliphatic rings. The van der Waals surface area contributed by atoms with Crippen LogP contribution in [0.4, 0.5) is 4.39 Å². The molecular formula is C18H29FO3. The lowest BCUT2D eigenvalue weighted by molar-refractivity contribution is -0.141. The molecule has 0 atom stereocenters. The zero-order chi connectivity index (χ0) is 17.0. The van der Waals surface area contributed by atoms with Gasteiger partial charge in [0.2, 0.25) is 0 Å². The van der Waals surface area contributed by atoms with E-state index in [0.29, 0.717) is 36.9 Å². The molecule has 126 valence electrons. The molecule has 0 saturated carbocycles. The molecule has 0 spiro atoms. The lowest BCUT2D eigenvalue weighted by Gasteiger charge is -2.11. The first-order valence-corrected chi connectivity index (χ1v) is 8.04. The first kappa shape index (κ1) is 20.4. The third-order valence-corrected chi connectivity index (χ3v) is 2.76. The Hall–Kier alpha value is -1.58. The van der Waals surface area contributed by atoms with Crippen molar-refractivity contribution in [3.63, 3.8) is 0 Å². The minimum Gasteiger partial charge on any atom is -0.490 e. The minimum absolute atomic E-state index is 0.277. The van der Waals surface area contributed by atoms with Crippen LogP contribution >= 0.6 is 0 Å². The Bertz CT molecular complexity index is 430. The highest BCUT2D eigenvalue weighted by atomic mass is 19.1. The van der Waals surface area contributed by atoms with Gasteiger partial charge in [-0.15, -0.1) is 0 Å². The normalized spacial score (nSPS) is 9.95. The molecule has 0 radical (unpaired) electrons. The van der Waals surface area contributed by atoms with E-state index in [1.165, 1.54) is 6.92 Å². The van der Waals surface area contributed by atoms with Gasteiger partial charge in [0.05, 0.1) is 13.2 Å². The Morgan fingerprint density at radius 2 is 1.91 bits per heavy atom. The van der Waals surface area contributed by atoms with Crippen molar-refractivity contribution >= 4 is 5.97 Å². The van der Waals surface area contributed by atoms with Gasteiger partial charge in [-0.05, 0) is 36.8 Å². The maximum atomic E-state index is 14.2. The molecule has 0 fully saturated rings. The largest absolute Gasteiger partial charge is 0.490 e. The van der Waals surface area contributed by atoms with E-state index in [-0.39, 0.29) is 11.8 Å². The van der Waals surface area contributed by atoms with E-state index in [1.807, 2.05) is 27.7 Å². The van der Waals surface area contributed by atoms with Gasteiger partial charge in [-0.25, -0.2) is 4.39 Å². The summed E-state index contributed by atoms with van der Waals surface area (Å²) in [5.74, 6) is 0.124. The van der Waals surface area contributed by atoms with Gasteiger partial charge >= 0.3 is 5.97 Å². The molecule has 0 unspecified atom stereocenters. The molecule has 0 aliphatic heterocycles. The smallest absolute Gasteiger partial charge is 0.302 e. The second kappa shape index (κ2) is 12.0. The standard InChI is InChI=1S/C16H23FO3.C2H6/c1-12(2)11-20-15-9-6-8-14(16(15)17)7-4-5-10-19-13(3)18;1-2/h6,8-9,12H,4-5,7,10-11H2,1-3H3;1-2H3. The maximum absolute atomic E-state index is 14.2. The number of hydrogen-bond acceptors (Lipinski definition) is 3. The van der Waals surface area contributed by atoms with Crippen molar-refractivity contribution in [2.45, 2.75) is 53.9 Å². The molecule has 4 heteroatoms. The number of ether oxygens (including phenoxy) is 2. The summed E-state index contributed by atoms with van der Waals surface area (Å²) < 4.78 is 24.4. The quantitative estimate of drug-likeness (QED) is 0.512. The molecule has 3 nitrogen and oxygen atoms in total. The molecule has 22 heavy (non-hydrogen) atoms. The van der Waals surface area contributed by atoms with Crippen molar-refractivity contribution in [3.05, 3.63) is 29.6 Å². The second-order valence-corrected chi connectivity index (χ2v) is 5.23. The first-order valence-electron chi connectivity index (χ1n) is 8.04. The topological polar surface area (TPSA) is 35.5 Å². The summed E-state index contributed by atoms with van der Waals surface area (Å²) in [7, 11) is 0. The summed E-state index contributed by atoms with van der Waals surface area (Å²) >= 11 is 0. The molecule has 1 aromatic carbocycles. The highest BCUT2D eigenvalue weighted by Crippen LogP contribution is 2.22. The van der Waals surface area contributed by atoms with E-state index in [2.05, 4.69) is 0 Å². The summed E-state index contributed by atoms with van der Waals surface area (Å²) in [6.07, 6.45) is 2.12. The number of carbonyl (C=O) groups excluding carboxylic acids is 1. The molecule has 0 aliphatic carbocycles. The van der Waals surface area contributed by atoms with Crippen LogP contribution in [0.15, 0.2) is 18.2 Å². The van der Waals surface area contributed by atoms with Gasteiger partial charge in [-0.3, -0.25) is 4.79 Å². The zero-order valence-electron chi connectivity index (χ0n) is 14.4. The summed E-state index contributed by atoms with van der Waals surface area (Å²) in [6.45, 7) is 10.3. The van der Waals surface area contributed by atoms with E-state index >= 15 is 0 Å². The minimum atomic E-state index is -0.278. The Morgan fingerprint density at radius 1 is 1.23 bits per heavy atom. The van der Waals surface area contributed by atoms with Crippen LogP contribution in [0.25, 0.3) is 0 Å². The van der Waals surface area contributed by atoms with Crippen LogP contribution in [-0.4, -0.2) is 19.2 Å². The highest BCUT2D eigenvalue weighted by Gasteiger charge is 2.09. The maximum Gasteiger partial charge on any atom is 0.302 e. The van der Waals surface area contributed by atoms with Crippen LogP contribution in [0.5, 0.6) is 5.75 Å². The van der Waals surface area contributed by atoms with Crippen LogP contribution in [0.3, 0.4) is 0 Å². The van der Waals surface area contributed by atoms with Crippen molar-refractivity contribution < 1.29 is 18.7 Å². The summed E-state index contributed by atoms with van der Waals surface area (Å²) in [6, 6.07) is 5.23. The zero-order valence-corrected chi connectivity index (χ0v) is 14.4. The monoisotopic (exact) mass is 312 g/mol. The number of aryl methyl sites for hydroxylation is 1. The Morgan fingerprint density at radius 3 is 2.50 bits per heavy atom. The van der Waals surface area contributed by atoms with Crippen molar-refractivity contribution in [2.75, 3.05) is 13.2 Å². The molecule has 0 amide bonds. The Kier molecular flexibility index (Phi) is 11.2. The van der Waals surface area contributed by atoms with Crippen molar-refractivity contribution in [1.82, 2.24) is 0 Å². The average molecular weight is 312 g/mol. The van der Waals surface area contributed by atoms with Crippen LogP contribution in [0.2, 0.25) is 0 Å². The lowest BCUT2D eigenvalue weighted by Crippen LogP contribution is -2.07. The Balaban J connectivity index is 0.00000211.